The van der Waals surface area contributed by atoms with Gasteiger partial charge in [0.15, 0.2) is 0 Å². The first kappa shape index (κ1) is 17.8. The van der Waals surface area contributed by atoms with Crippen molar-refractivity contribution >= 4 is 12.1 Å². The van der Waals surface area contributed by atoms with E-state index in [4.69, 9.17) is 4.74 Å². The van der Waals surface area contributed by atoms with Crippen molar-refractivity contribution in [3.8, 4) is 17.0 Å². The lowest BCUT2D eigenvalue weighted by Gasteiger charge is -2.03. The number of carbonyl (C=O) groups is 1. The maximum atomic E-state index is 13.6. The zero-order chi connectivity index (χ0) is 19.8. The fourth-order valence-corrected chi connectivity index (χ4v) is 3.10. The van der Waals surface area contributed by atoms with Crippen LogP contribution in [0.25, 0.3) is 11.3 Å². The van der Waals surface area contributed by atoms with Gasteiger partial charge in [0.1, 0.15) is 28.9 Å². The molecule has 0 fully saturated rings. The molecule has 2 N–H and O–H groups in total. The molecule has 9 heteroatoms. The SMILES string of the molecule is COc1ccc2c(c1)Cc1c-2n[nH]c1C(=O)N/N=C/c1c(F)cc(F)cc1F. The lowest BCUT2D eigenvalue weighted by atomic mass is 10.1. The standard InChI is InChI=1S/C19H13F3N4O2/c1-28-11-2-3-12-9(4-11)5-13-17(12)24-25-18(13)19(27)26-23-8-14-15(21)6-10(20)7-16(14)22/h2-4,6-8H,5H2,1H3,(H,24,25)(H,26,27)/b23-8+. The maximum Gasteiger partial charge on any atom is 0.289 e. The molecule has 1 heterocycles. The fourth-order valence-electron chi connectivity index (χ4n) is 3.10. The van der Waals surface area contributed by atoms with E-state index in [1.807, 2.05) is 12.1 Å². The van der Waals surface area contributed by atoms with Gasteiger partial charge in [-0.1, -0.05) is 0 Å². The van der Waals surface area contributed by atoms with Crippen molar-refractivity contribution in [1.82, 2.24) is 15.6 Å². The summed E-state index contributed by atoms with van der Waals surface area (Å²) >= 11 is 0. The van der Waals surface area contributed by atoms with Gasteiger partial charge in [-0.2, -0.15) is 10.2 Å². The van der Waals surface area contributed by atoms with Gasteiger partial charge in [-0.25, -0.2) is 18.6 Å². The Bertz CT molecular complexity index is 1100. The molecule has 1 amide bonds. The van der Waals surface area contributed by atoms with Gasteiger partial charge < -0.3 is 4.74 Å². The van der Waals surface area contributed by atoms with Crippen molar-refractivity contribution in [3.63, 3.8) is 0 Å². The van der Waals surface area contributed by atoms with Crippen LogP contribution in [0.15, 0.2) is 35.4 Å². The van der Waals surface area contributed by atoms with Crippen LogP contribution >= 0.6 is 0 Å². The molecule has 0 aliphatic heterocycles. The number of hydrazone groups is 1. The van der Waals surface area contributed by atoms with E-state index in [0.29, 0.717) is 35.6 Å². The predicted molar refractivity (Wildman–Crippen MR) is 94.8 cm³/mol. The summed E-state index contributed by atoms with van der Waals surface area (Å²) < 4.78 is 45.3. The molecule has 2 aromatic carbocycles. The van der Waals surface area contributed by atoms with Crippen LogP contribution in [0.5, 0.6) is 5.75 Å². The minimum Gasteiger partial charge on any atom is -0.497 e. The van der Waals surface area contributed by atoms with E-state index in [1.165, 1.54) is 0 Å². The summed E-state index contributed by atoms with van der Waals surface area (Å²) in [6.45, 7) is 0. The predicted octanol–water partition coefficient (Wildman–Crippen LogP) is 3.17. The number of nitrogens with one attached hydrogen (secondary N) is 2. The summed E-state index contributed by atoms with van der Waals surface area (Å²) in [5.74, 6) is -3.20. The largest absolute Gasteiger partial charge is 0.497 e. The van der Waals surface area contributed by atoms with E-state index in [0.717, 1.165) is 17.3 Å². The van der Waals surface area contributed by atoms with Crippen LogP contribution in [0.2, 0.25) is 0 Å². The van der Waals surface area contributed by atoms with Crippen LogP contribution in [0.4, 0.5) is 13.2 Å². The molecule has 0 bridgehead atoms. The highest BCUT2D eigenvalue weighted by atomic mass is 19.1. The number of rotatable bonds is 4. The summed E-state index contributed by atoms with van der Waals surface area (Å²) in [4.78, 5) is 12.4. The maximum absolute atomic E-state index is 13.6. The number of hydrogen-bond acceptors (Lipinski definition) is 4. The highest BCUT2D eigenvalue weighted by molar-refractivity contribution is 5.97. The number of hydrogen-bond donors (Lipinski definition) is 2. The van der Waals surface area contributed by atoms with Crippen molar-refractivity contribution in [2.45, 2.75) is 6.42 Å². The van der Waals surface area contributed by atoms with Gasteiger partial charge in [0.2, 0.25) is 0 Å². The topological polar surface area (TPSA) is 79.4 Å². The number of aromatic nitrogens is 2. The second-order valence-electron chi connectivity index (χ2n) is 6.11. The van der Waals surface area contributed by atoms with E-state index in [1.54, 1.807) is 13.2 Å². The molecule has 142 valence electrons. The van der Waals surface area contributed by atoms with Crippen LogP contribution in [-0.2, 0) is 6.42 Å². The fraction of sp³-hybridized carbons (Fsp3) is 0.105. The summed E-state index contributed by atoms with van der Waals surface area (Å²) in [5, 5.41) is 10.4. The number of H-pyrrole nitrogens is 1. The molecule has 6 nitrogen and oxygen atoms in total. The van der Waals surface area contributed by atoms with Gasteiger partial charge in [-0.3, -0.25) is 9.89 Å². The number of nitrogens with zero attached hydrogens (tertiary/aromatic N) is 2. The second kappa shape index (κ2) is 6.84. The first-order valence-electron chi connectivity index (χ1n) is 8.20. The number of aromatic amines is 1. The van der Waals surface area contributed by atoms with Crippen molar-refractivity contribution < 1.29 is 22.7 Å². The van der Waals surface area contributed by atoms with Crippen LogP contribution in [0.1, 0.15) is 27.2 Å². The lowest BCUT2D eigenvalue weighted by Crippen LogP contribution is -2.19. The van der Waals surface area contributed by atoms with Crippen molar-refractivity contribution in [1.29, 1.82) is 0 Å². The number of carbonyl (C=O) groups excluding carboxylic acids is 1. The molecule has 0 spiro atoms. The Morgan fingerprint density at radius 3 is 2.71 bits per heavy atom. The average molecular weight is 386 g/mol. The zero-order valence-electron chi connectivity index (χ0n) is 14.5. The Hall–Kier alpha value is -3.62. The summed E-state index contributed by atoms with van der Waals surface area (Å²) in [6, 6.07) is 6.59. The smallest absolute Gasteiger partial charge is 0.289 e. The molecule has 3 aromatic rings. The van der Waals surface area contributed by atoms with Gasteiger partial charge in [0.05, 0.1) is 24.6 Å². The number of methoxy groups -OCH3 is 1. The van der Waals surface area contributed by atoms with Crippen LogP contribution in [0.3, 0.4) is 0 Å². The van der Waals surface area contributed by atoms with Gasteiger partial charge >= 0.3 is 0 Å². The quantitative estimate of drug-likeness (QED) is 0.418. The Labute approximate surface area is 157 Å². The Morgan fingerprint density at radius 2 is 2.00 bits per heavy atom. The number of fused-ring (bicyclic) bond motifs is 3. The highest BCUT2D eigenvalue weighted by Gasteiger charge is 2.27. The molecule has 0 unspecified atom stereocenters. The normalized spacial score (nSPS) is 12.1. The minimum absolute atomic E-state index is 0.197. The summed E-state index contributed by atoms with van der Waals surface area (Å²) in [5.41, 5.74) is 5.04. The molecule has 4 rings (SSSR count). The monoisotopic (exact) mass is 386 g/mol. The van der Waals surface area contributed by atoms with Gasteiger partial charge in [0, 0.05) is 29.7 Å². The molecule has 1 aromatic heterocycles. The van der Waals surface area contributed by atoms with E-state index in [2.05, 4.69) is 20.7 Å². The van der Waals surface area contributed by atoms with E-state index in [-0.39, 0.29) is 5.69 Å². The van der Waals surface area contributed by atoms with Gasteiger partial charge in [0.25, 0.3) is 5.91 Å². The third-order valence-corrected chi connectivity index (χ3v) is 4.43. The number of benzene rings is 2. The Kier molecular flexibility index (Phi) is 4.34. The second-order valence-corrected chi connectivity index (χ2v) is 6.11. The number of amides is 1. The lowest BCUT2D eigenvalue weighted by molar-refractivity contribution is 0.0949. The molecule has 28 heavy (non-hydrogen) atoms. The average Bonchev–Trinajstić information content (AvgIpc) is 3.21. The minimum atomic E-state index is -1.12. The van der Waals surface area contributed by atoms with Crippen LogP contribution in [-0.4, -0.2) is 29.4 Å². The van der Waals surface area contributed by atoms with E-state index >= 15 is 0 Å². The number of ether oxygens (including phenoxy) is 1. The number of halogens is 3. The van der Waals surface area contributed by atoms with Crippen molar-refractivity contribution in [3.05, 3.63) is 70.2 Å². The molecule has 0 saturated heterocycles. The molecule has 1 aliphatic carbocycles. The van der Waals surface area contributed by atoms with Crippen molar-refractivity contribution in [2.24, 2.45) is 5.10 Å². The first-order valence-corrected chi connectivity index (χ1v) is 8.20. The zero-order valence-corrected chi connectivity index (χ0v) is 14.5. The molecular weight excluding hydrogens is 373 g/mol. The Balaban J connectivity index is 1.53. The van der Waals surface area contributed by atoms with Gasteiger partial charge in [-0.15, -0.1) is 0 Å². The Morgan fingerprint density at radius 1 is 1.25 bits per heavy atom. The highest BCUT2D eigenvalue weighted by Crippen LogP contribution is 2.38. The van der Waals surface area contributed by atoms with E-state index < -0.39 is 28.9 Å². The summed E-state index contributed by atoms with van der Waals surface area (Å²) in [6.07, 6.45) is 1.25. The van der Waals surface area contributed by atoms with E-state index in [9.17, 15) is 18.0 Å². The molecule has 1 aliphatic rings. The van der Waals surface area contributed by atoms with Crippen LogP contribution < -0.4 is 10.2 Å². The van der Waals surface area contributed by atoms with Crippen molar-refractivity contribution in [2.75, 3.05) is 7.11 Å². The molecule has 0 saturated carbocycles. The van der Waals surface area contributed by atoms with Crippen LogP contribution in [0, 0.1) is 17.5 Å². The first-order chi connectivity index (χ1) is 13.5. The molecule has 0 radical (unpaired) electrons. The summed E-state index contributed by atoms with van der Waals surface area (Å²) in [7, 11) is 1.57. The van der Waals surface area contributed by atoms with Gasteiger partial charge in [-0.05, 0) is 23.8 Å². The third-order valence-electron chi connectivity index (χ3n) is 4.43. The molecule has 0 atom stereocenters. The third kappa shape index (κ3) is 3.00. The molecular formula is C19H13F3N4O2.